The first-order valence-corrected chi connectivity index (χ1v) is 13.7. The van der Waals surface area contributed by atoms with Gasteiger partial charge in [0.2, 0.25) is 11.7 Å². The van der Waals surface area contributed by atoms with E-state index in [0.29, 0.717) is 40.0 Å². The molecule has 0 spiro atoms. The van der Waals surface area contributed by atoms with Gasteiger partial charge in [-0.2, -0.15) is 0 Å². The fourth-order valence-corrected chi connectivity index (χ4v) is 6.02. The summed E-state index contributed by atoms with van der Waals surface area (Å²) in [5, 5.41) is 12.7. The van der Waals surface area contributed by atoms with E-state index >= 15 is 0 Å². The van der Waals surface area contributed by atoms with Gasteiger partial charge in [0.1, 0.15) is 0 Å². The molecule has 0 radical (unpaired) electrons. The van der Waals surface area contributed by atoms with Crippen molar-refractivity contribution in [2.45, 2.75) is 4.90 Å². The molecule has 0 atom stereocenters. The molecule has 0 saturated heterocycles. The zero-order chi connectivity index (χ0) is 27.9. The summed E-state index contributed by atoms with van der Waals surface area (Å²) in [6.45, 7) is 0. The van der Waals surface area contributed by atoms with E-state index in [1.165, 1.54) is 3.97 Å². The molecule has 202 valence electrons. The predicted molar refractivity (Wildman–Crippen MR) is 152 cm³/mol. The quantitative estimate of drug-likeness (QED) is 0.268. The molecule has 0 saturated carbocycles. The van der Waals surface area contributed by atoms with Crippen molar-refractivity contribution >= 4 is 38.2 Å². The number of benzene rings is 3. The third-order valence-electron chi connectivity index (χ3n) is 6.61. The van der Waals surface area contributed by atoms with Crippen molar-refractivity contribution < 1.29 is 22.6 Å². The fourth-order valence-electron chi connectivity index (χ4n) is 4.64. The zero-order valence-corrected chi connectivity index (χ0v) is 22.7. The number of rotatable bonds is 8. The van der Waals surface area contributed by atoms with Crippen LogP contribution in [0.15, 0.2) is 96.2 Å². The Kier molecular flexibility index (Phi) is 6.27. The third kappa shape index (κ3) is 4.26. The van der Waals surface area contributed by atoms with Gasteiger partial charge in [0.25, 0.3) is 10.0 Å². The number of nitrogens with zero attached hydrogens (tertiary/aromatic N) is 4. The van der Waals surface area contributed by atoms with Gasteiger partial charge >= 0.3 is 0 Å². The maximum absolute atomic E-state index is 13.2. The zero-order valence-electron chi connectivity index (χ0n) is 21.9. The Morgan fingerprint density at radius 1 is 0.775 bits per heavy atom. The van der Waals surface area contributed by atoms with Crippen LogP contribution in [0.4, 0.5) is 11.6 Å². The van der Waals surface area contributed by atoms with Crippen LogP contribution in [0.2, 0.25) is 0 Å². The van der Waals surface area contributed by atoms with Crippen LogP contribution >= 0.6 is 0 Å². The first kappa shape index (κ1) is 25.3. The van der Waals surface area contributed by atoms with E-state index in [1.807, 2.05) is 40.9 Å². The molecular formula is C29H25N5O5S. The molecular weight excluding hydrogens is 530 g/mol. The van der Waals surface area contributed by atoms with Gasteiger partial charge in [0.15, 0.2) is 17.1 Å². The Labute approximate surface area is 230 Å². The average Bonchev–Trinajstić information content (AvgIpc) is 3.61. The molecule has 0 aliphatic heterocycles. The van der Waals surface area contributed by atoms with Crippen molar-refractivity contribution in [3.63, 3.8) is 0 Å². The highest BCUT2D eigenvalue weighted by molar-refractivity contribution is 7.90. The van der Waals surface area contributed by atoms with Crippen LogP contribution in [0.3, 0.4) is 0 Å². The maximum atomic E-state index is 13.2. The van der Waals surface area contributed by atoms with Crippen LogP contribution in [0.5, 0.6) is 17.2 Å². The minimum atomic E-state index is -3.71. The summed E-state index contributed by atoms with van der Waals surface area (Å²) in [5.74, 6) is 2.00. The Bertz CT molecular complexity index is 1940. The van der Waals surface area contributed by atoms with E-state index in [-0.39, 0.29) is 4.90 Å². The van der Waals surface area contributed by atoms with Crippen molar-refractivity contribution in [3.05, 3.63) is 91.3 Å². The molecule has 6 rings (SSSR count). The molecule has 10 nitrogen and oxygen atoms in total. The first-order valence-electron chi connectivity index (χ1n) is 12.3. The maximum Gasteiger partial charge on any atom is 0.268 e. The summed E-state index contributed by atoms with van der Waals surface area (Å²) in [7, 11) is 0.957. The van der Waals surface area contributed by atoms with Crippen molar-refractivity contribution in [3.8, 4) is 28.4 Å². The second kappa shape index (κ2) is 9.93. The average molecular weight is 556 g/mol. The topological polar surface area (TPSA) is 109 Å². The van der Waals surface area contributed by atoms with E-state index in [1.54, 1.807) is 76.1 Å². The lowest BCUT2D eigenvalue weighted by Crippen LogP contribution is -2.11. The van der Waals surface area contributed by atoms with E-state index < -0.39 is 10.0 Å². The van der Waals surface area contributed by atoms with Gasteiger partial charge in [-0.1, -0.05) is 24.3 Å². The van der Waals surface area contributed by atoms with E-state index in [0.717, 1.165) is 16.5 Å². The van der Waals surface area contributed by atoms with Crippen LogP contribution in [-0.4, -0.2) is 48.3 Å². The minimum absolute atomic E-state index is 0.238. The lowest BCUT2D eigenvalue weighted by atomic mass is 10.1. The number of methoxy groups -OCH3 is 3. The molecule has 11 heteroatoms. The van der Waals surface area contributed by atoms with E-state index in [2.05, 4.69) is 15.5 Å². The summed E-state index contributed by atoms with van der Waals surface area (Å²) in [6.07, 6.45) is 3.51. The number of nitrogens with one attached hydrogen (secondary N) is 1. The SMILES string of the molecule is COc1cc(Nc2nnc3ccc(-c4ccc5c(ccn5S(=O)(=O)c5ccccc5)c4)cn23)cc(OC)c1OC. The van der Waals surface area contributed by atoms with Crippen LogP contribution in [0.25, 0.3) is 27.7 Å². The second-order valence-electron chi connectivity index (χ2n) is 8.91. The number of hydrogen-bond donors (Lipinski definition) is 1. The number of ether oxygens (including phenoxy) is 3. The highest BCUT2D eigenvalue weighted by Crippen LogP contribution is 2.40. The number of pyridine rings is 1. The van der Waals surface area contributed by atoms with Crippen LogP contribution in [0, 0.1) is 0 Å². The largest absolute Gasteiger partial charge is 0.493 e. The standard InChI is InChI=1S/C29H25N5O5S/c1-37-25-16-22(17-26(38-2)28(25)39-3)30-29-32-31-27-12-10-21(18-33(27)29)19-9-11-24-20(15-19)13-14-34(24)40(35,36)23-7-5-4-6-8-23/h4-18H,1-3H3,(H,30,32). The Balaban J connectivity index is 1.36. The van der Waals surface area contributed by atoms with Crippen LogP contribution in [0.1, 0.15) is 0 Å². The molecule has 1 N–H and O–H groups in total. The highest BCUT2D eigenvalue weighted by Gasteiger charge is 2.19. The minimum Gasteiger partial charge on any atom is -0.493 e. The molecule has 6 aromatic rings. The molecule has 3 aromatic carbocycles. The van der Waals surface area contributed by atoms with E-state index in [9.17, 15) is 8.42 Å². The summed E-state index contributed by atoms with van der Waals surface area (Å²) >= 11 is 0. The van der Waals surface area contributed by atoms with E-state index in [4.69, 9.17) is 14.2 Å². The highest BCUT2D eigenvalue weighted by atomic mass is 32.2. The molecule has 3 heterocycles. The molecule has 0 fully saturated rings. The monoisotopic (exact) mass is 555 g/mol. The Morgan fingerprint density at radius 3 is 2.20 bits per heavy atom. The number of anilines is 2. The molecule has 0 aliphatic carbocycles. The molecule has 0 amide bonds. The third-order valence-corrected chi connectivity index (χ3v) is 8.32. The fraction of sp³-hybridized carbons (Fsp3) is 0.103. The second-order valence-corrected chi connectivity index (χ2v) is 10.7. The van der Waals surface area contributed by atoms with Crippen molar-refractivity contribution in [2.24, 2.45) is 0 Å². The summed E-state index contributed by atoms with van der Waals surface area (Å²) in [5.41, 5.74) is 3.75. The number of fused-ring (bicyclic) bond motifs is 2. The van der Waals surface area contributed by atoms with Crippen molar-refractivity contribution in [1.29, 1.82) is 0 Å². The summed E-state index contributed by atoms with van der Waals surface area (Å²) < 4.78 is 45.9. The normalized spacial score (nSPS) is 11.6. The van der Waals surface area contributed by atoms with Gasteiger partial charge in [-0.15, -0.1) is 10.2 Å². The first-order chi connectivity index (χ1) is 19.4. The van der Waals surface area contributed by atoms with Gasteiger partial charge < -0.3 is 19.5 Å². The van der Waals surface area contributed by atoms with Gasteiger partial charge in [0, 0.05) is 35.6 Å². The number of hydrogen-bond acceptors (Lipinski definition) is 8. The number of aromatic nitrogens is 4. The van der Waals surface area contributed by atoms with Crippen LogP contribution < -0.4 is 19.5 Å². The summed E-state index contributed by atoms with van der Waals surface area (Å²) in [4.78, 5) is 0.238. The van der Waals surface area contributed by atoms with Gasteiger partial charge in [0.05, 0.1) is 31.7 Å². The van der Waals surface area contributed by atoms with Gasteiger partial charge in [-0.05, 0) is 53.6 Å². The van der Waals surface area contributed by atoms with Crippen molar-refractivity contribution in [1.82, 2.24) is 18.6 Å². The molecule has 0 bridgehead atoms. The van der Waals surface area contributed by atoms with Gasteiger partial charge in [-0.25, -0.2) is 12.4 Å². The van der Waals surface area contributed by atoms with Crippen LogP contribution in [-0.2, 0) is 10.0 Å². The summed E-state index contributed by atoms with van der Waals surface area (Å²) in [6, 6.07) is 23.3. The predicted octanol–water partition coefficient (Wildman–Crippen LogP) is 5.36. The smallest absolute Gasteiger partial charge is 0.268 e. The van der Waals surface area contributed by atoms with Gasteiger partial charge in [-0.3, -0.25) is 4.40 Å². The Morgan fingerprint density at radius 2 is 1.50 bits per heavy atom. The molecule has 0 aliphatic rings. The Hall–Kier alpha value is -5.03. The molecule has 3 aromatic heterocycles. The molecule has 0 unspecified atom stereocenters. The lowest BCUT2D eigenvalue weighted by Gasteiger charge is -2.14. The lowest BCUT2D eigenvalue weighted by molar-refractivity contribution is 0.324. The van der Waals surface area contributed by atoms with Crippen molar-refractivity contribution in [2.75, 3.05) is 26.6 Å². The molecule has 40 heavy (non-hydrogen) atoms.